The molecule has 0 radical (unpaired) electrons. The molecule has 1 aromatic rings. The number of benzene rings is 1. The van der Waals surface area contributed by atoms with Crippen molar-refractivity contribution in [2.75, 3.05) is 21.3 Å². The second-order valence-corrected chi connectivity index (χ2v) is 4.58. The van der Waals surface area contributed by atoms with E-state index in [2.05, 4.69) is 13.5 Å². The summed E-state index contributed by atoms with van der Waals surface area (Å²) in [5, 5.41) is 0.526. The summed E-state index contributed by atoms with van der Waals surface area (Å²) in [5.74, 6) is 2.01. The Morgan fingerprint density at radius 1 is 1.16 bits per heavy atom. The molecular formula is C15H21ClO3. The predicted octanol–water partition coefficient (Wildman–Crippen LogP) is 4.44. The molecule has 106 valence electrons. The van der Waals surface area contributed by atoms with E-state index < -0.39 is 0 Å². The van der Waals surface area contributed by atoms with Gasteiger partial charge in [-0.3, -0.25) is 0 Å². The monoisotopic (exact) mass is 284 g/mol. The molecule has 0 bridgehead atoms. The molecule has 1 rings (SSSR count). The van der Waals surface area contributed by atoms with E-state index in [0.29, 0.717) is 28.2 Å². The van der Waals surface area contributed by atoms with E-state index in [0.717, 1.165) is 18.4 Å². The van der Waals surface area contributed by atoms with Gasteiger partial charge in [0.05, 0.1) is 26.4 Å². The molecule has 1 unspecified atom stereocenters. The van der Waals surface area contributed by atoms with Crippen LogP contribution in [-0.2, 0) is 0 Å². The normalized spacial score (nSPS) is 11.8. The Labute approximate surface area is 120 Å². The Bertz CT molecular complexity index is 444. The largest absolute Gasteiger partial charge is 0.492 e. The van der Waals surface area contributed by atoms with E-state index in [9.17, 15) is 0 Å². The number of ether oxygens (including phenoxy) is 3. The van der Waals surface area contributed by atoms with Crippen molar-refractivity contribution in [1.82, 2.24) is 0 Å². The summed E-state index contributed by atoms with van der Waals surface area (Å²) in [6.07, 6.45) is 3.73. The summed E-state index contributed by atoms with van der Waals surface area (Å²) in [4.78, 5) is 0. The molecule has 0 aliphatic heterocycles. The summed E-state index contributed by atoms with van der Waals surface area (Å²) in [6, 6.07) is 1.89. The molecule has 0 aromatic heterocycles. The molecule has 1 aromatic carbocycles. The summed E-state index contributed by atoms with van der Waals surface area (Å²) in [7, 11) is 4.76. The third-order valence-electron chi connectivity index (χ3n) is 3.17. The zero-order valence-corrected chi connectivity index (χ0v) is 12.7. The first-order valence-corrected chi connectivity index (χ1v) is 6.61. The molecule has 0 saturated carbocycles. The number of methoxy groups -OCH3 is 3. The quantitative estimate of drug-likeness (QED) is 0.693. The zero-order valence-electron chi connectivity index (χ0n) is 12.0. The topological polar surface area (TPSA) is 27.7 Å². The van der Waals surface area contributed by atoms with Crippen LogP contribution in [0.1, 0.15) is 31.2 Å². The van der Waals surface area contributed by atoms with Crippen molar-refractivity contribution >= 4 is 11.6 Å². The van der Waals surface area contributed by atoms with Gasteiger partial charge >= 0.3 is 0 Å². The van der Waals surface area contributed by atoms with E-state index in [1.807, 2.05) is 12.1 Å². The standard InChI is InChI=1S/C15H21ClO3/c1-6-8-10(7-2)11-9-12(16)14(18-4)15(19-5)13(11)17-3/h6,9-10H,1,7-8H2,2-5H3. The lowest BCUT2D eigenvalue weighted by Crippen LogP contribution is -2.04. The molecule has 3 nitrogen and oxygen atoms in total. The highest BCUT2D eigenvalue weighted by Gasteiger charge is 2.23. The maximum atomic E-state index is 6.26. The van der Waals surface area contributed by atoms with E-state index >= 15 is 0 Å². The second-order valence-electron chi connectivity index (χ2n) is 4.18. The smallest absolute Gasteiger partial charge is 0.205 e. The summed E-state index contributed by atoms with van der Waals surface area (Å²) >= 11 is 6.26. The van der Waals surface area contributed by atoms with E-state index in [-0.39, 0.29) is 0 Å². The van der Waals surface area contributed by atoms with Gasteiger partial charge in [0.1, 0.15) is 0 Å². The molecule has 0 N–H and O–H groups in total. The average Bonchev–Trinajstić information content (AvgIpc) is 2.43. The number of halogens is 1. The van der Waals surface area contributed by atoms with Gasteiger partial charge in [0.15, 0.2) is 11.5 Å². The second kappa shape index (κ2) is 7.29. The lowest BCUT2D eigenvalue weighted by atomic mass is 9.92. The Morgan fingerprint density at radius 3 is 2.16 bits per heavy atom. The molecule has 0 amide bonds. The maximum Gasteiger partial charge on any atom is 0.205 e. The number of hydrogen-bond donors (Lipinski definition) is 0. The van der Waals surface area contributed by atoms with Gasteiger partial charge in [-0.25, -0.2) is 0 Å². The van der Waals surface area contributed by atoms with Crippen LogP contribution >= 0.6 is 11.6 Å². The lowest BCUT2D eigenvalue weighted by molar-refractivity contribution is 0.320. The van der Waals surface area contributed by atoms with Gasteiger partial charge in [-0.05, 0) is 24.8 Å². The third-order valence-corrected chi connectivity index (χ3v) is 3.45. The third kappa shape index (κ3) is 3.16. The minimum Gasteiger partial charge on any atom is -0.492 e. The molecule has 0 heterocycles. The zero-order chi connectivity index (χ0) is 14.4. The van der Waals surface area contributed by atoms with Gasteiger partial charge in [-0.15, -0.1) is 6.58 Å². The van der Waals surface area contributed by atoms with Crippen molar-refractivity contribution in [2.24, 2.45) is 0 Å². The van der Waals surface area contributed by atoms with Gasteiger partial charge in [0.2, 0.25) is 5.75 Å². The molecule has 0 aliphatic rings. The van der Waals surface area contributed by atoms with Crippen LogP contribution in [0.3, 0.4) is 0 Å². The number of allylic oxidation sites excluding steroid dienone is 1. The van der Waals surface area contributed by atoms with Gasteiger partial charge in [-0.2, -0.15) is 0 Å². The van der Waals surface area contributed by atoms with Crippen molar-refractivity contribution in [3.8, 4) is 17.2 Å². The van der Waals surface area contributed by atoms with Crippen molar-refractivity contribution in [2.45, 2.75) is 25.7 Å². The Balaban J connectivity index is 3.46. The van der Waals surface area contributed by atoms with Gasteiger partial charge in [0.25, 0.3) is 0 Å². The fourth-order valence-electron chi connectivity index (χ4n) is 2.21. The van der Waals surface area contributed by atoms with Gasteiger partial charge < -0.3 is 14.2 Å². The molecule has 19 heavy (non-hydrogen) atoms. The predicted molar refractivity (Wildman–Crippen MR) is 79.0 cm³/mol. The first-order valence-electron chi connectivity index (χ1n) is 6.23. The van der Waals surface area contributed by atoms with Crippen molar-refractivity contribution in [3.63, 3.8) is 0 Å². The molecule has 0 fully saturated rings. The fraction of sp³-hybridized carbons (Fsp3) is 0.467. The molecule has 0 aliphatic carbocycles. The summed E-state index contributed by atoms with van der Waals surface area (Å²) in [6.45, 7) is 5.92. The summed E-state index contributed by atoms with van der Waals surface area (Å²) < 4.78 is 16.2. The maximum absolute atomic E-state index is 6.26. The van der Waals surface area contributed by atoms with E-state index in [4.69, 9.17) is 25.8 Å². The molecule has 0 spiro atoms. The Hall–Kier alpha value is -1.35. The van der Waals surface area contributed by atoms with Crippen LogP contribution in [0.25, 0.3) is 0 Å². The van der Waals surface area contributed by atoms with Crippen LogP contribution in [0.5, 0.6) is 17.2 Å². The molecule has 4 heteroatoms. The van der Waals surface area contributed by atoms with Crippen LogP contribution < -0.4 is 14.2 Å². The molecule has 1 atom stereocenters. The minimum absolute atomic E-state index is 0.296. The average molecular weight is 285 g/mol. The van der Waals surface area contributed by atoms with Crippen molar-refractivity contribution in [3.05, 3.63) is 29.3 Å². The highest BCUT2D eigenvalue weighted by Crippen LogP contribution is 2.48. The first kappa shape index (κ1) is 15.7. The van der Waals surface area contributed by atoms with E-state index in [1.54, 1.807) is 21.3 Å². The summed E-state index contributed by atoms with van der Waals surface area (Å²) in [5.41, 5.74) is 1.02. The lowest BCUT2D eigenvalue weighted by Gasteiger charge is -2.21. The highest BCUT2D eigenvalue weighted by atomic mass is 35.5. The van der Waals surface area contributed by atoms with Crippen LogP contribution in [0.2, 0.25) is 5.02 Å². The van der Waals surface area contributed by atoms with Crippen LogP contribution in [-0.4, -0.2) is 21.3 Å². The van der Waals surface area contributed by atoms with Crippen molar-refractivity contribution < 1.29 is 14.2 Å². The minimum atomic E-state index is 0.296. The van der Waals surface area contributed by atoms with Gasteiger partial charge in [0, 0.05) is 5.56 Å². The Kier molecular flexibility index (Phi) is 6.03. The number of hydrogen-bond acceptors (Lipinski definition) is 3. The molecule has 0 saturated heterocycles. The first-order chi connectivity index (χ1) is 9.14. The SMILES string of the molecule is C=CCC(CC)c1cc(Cl)c(OC)c(OC)c1OC. The molecular weight excluding hydrogens is 264 g/mol. The van der Waals surface area contributed by atoms with Crippen LogP contribution in [0, 0.1) is 0 Å². The fourth-order valence-corrected chi connectivity index (χ4v) is 2.49. The van der Waals surface area contributed by atoms with Crippen molar-refractivity contribution in [1.29, 1.82) is 0 Å². The Morgan fingerprint density at radius 2 is 1.74 bits per heavy atom. The number of rotatable bonds is 7. The van der Waals surface area contributed by atoms with Gasteiger partial charge in [-0.1, -0.05) is 24.6 Å². The van der Waals surface area contributed by atoms with E-state index in [1.165, 1.54) is 0 Å². The van der Waals surface area contributed by atoms with Crippen LogP contribution in [0.15, 0.2) is 18.7 Å². The van der Waals surface area contributed by atoms with Crippen LogP contribution in [0.4, 0.5) is 0 Å². The highest BCUT2D eigenvalue weighted by molar-refractivity contribution is 6.32.